The van der Waals surface area contributed by atoms with Crippen LogP contribution in [0.1, 0.15) is 115 Å². The van der Waals surface area contributed by atoms with Gasteiger partial charge in [-0.3, -0.25) is 19.2 Å². The van der Waals surface area contributed by atoms with Crippen LogP contribution >= 0.6 is 0 Å². The number of aromatic amines is 4. The molecule has 16 rings (SSSR count). The van der Waals surface area contributed by atoms with E-state index in [9.17, 15) is 74.7 Å². The maximum absolute atomic E-state index is 14.6. The van der Waals surface area contributed by atoms with Gasteiger partial charge in [0.05, 0.1) is 104 Å². The van der Waals surface area contributed by atoms with Crippen LogP contribution < -0.4 is 19.3 Å². The van der Waals surface area contributed by atoms with Crippen molar-refractivity contribution in [2.45, 2.75) is 34.1 Å². The van der Waals surface area contributed by atoms with Crippen molar-refractivity contribution in [3.63, 3.8) is 0 Å². The SMILES string of the molecule is CCc1ccc(F)c(C2=NC(=O)c3c(-c4cc(C)ccc4F)[nH]c(O)c32)c1.CN(C)c1ccc(F)c(C2=NC(=O)c3c(-c4cc(N(C)C)ccc4F)[nH]c(O)c32)c1.COc1ccc(F)cc1C1=NC(=O)c2c(-c3cc(F)ccc3OC)[nH]c(O)c21.Cc1ccc(F)cc1C1=NC(=O)c2c(-c3cc(F)ccc3C)[nH]c(O)c21. The van der Waals surface area contributed by atoms with Crippen molar-refractivity contribution in [1.29, 1.82) is 0 Å². The standard InChI is InChI=1S/C22H20F2N4O2.C21H16F2N2O2.C20H14F2N2O4.C20H14F2N2O2/c1-27(2)11-5-7-15(23)13(9-11)19-17-18(22(30)25-19)20(26-21(17)29)14-10-12(28(3)4)6-8-16(14)24;1-3-11-5-7-15(23)13(9-11)19-17-16(20(26)25-19)18(24-21(17)27)12-8-10(2)4-6-14(12)22;1-27-13-5-3-9(21)7-11(13)17-15-16(20(26)23-17)18(24-19(15)25)12-8-10(22)4-6-14(12)28-2;1-9-3-5-11(21)7-13(9)17-15-16(20(26)23-17)18(24-19(15)25)14-8-12(22)6-4-10(14)2/h5-10,25,30H,1-4H3;4-9,24,27H,3H2,1-2H3;3-8,23,26H,1-2H3;3-8,23,26H,1-2H3. The quantitative estimate of drug-likeness (QED) is 0.0500. The van der Waals surface area contributed by atoms with Gasteiger partial charge in [0.1, 0.15) is 58.0 Å². The number of carbonyl (C=O) groups excluding carboxylic acids is 4. The van der Waals surface area contributed by atoms with E-state index in [1.807, 2.05) is 6.92 Å². The number of aliphatic imine (C=N–C) groups is 4. The molecule has 0 aliphatic carbocycles. The third-order valence-corrected chi connectivity index (χ3v) is 18.9. The molecule has 0 bridgehead atoms. The number of benzene rings is 8. The number of aromatic nitrogens is 4. The summed E-state index contributed by atoms with van der Waals surface area (Å²) in [5.41, 5.74) is 8.13. The highest BCUT2D eigenvalue weighted by atomic mass is 19.2. The van der Waals surface area contributed by atoms with Crippen LogP contribution in [0, 0.1) is 67.3 Å². The Morgan fingerprint density at radius 3 is 1.09 bits per heavy atom. The predicted molar refractivity (Wildman–Crippen MR) is 402 cm³/mol. The monoisotopic (exact) mass is 1510 g/mol. The lowest BCUT2D eigenvalue weighted by molar-refractivity contribution is 0.0998. The van der Waals surface area contributed by atoms with Crippen LogP contribution in [0.3, 0.4) is 0 Å². The number of anilines is 2. The van der Waals surface area contributed by atoms with Crippen molar-refractivity contribution in [3.8, 4) is 80.0 Å². The Hall–Kier alpha value is -13.9. The normalized spacial score (nSPS) is 12.9. The molecule has 28 heteroatoms. The van der Waals surface area contributed by atoms with Gasteiger partial charge in [-0.05, 0) is 165 Å². The number of aromatic hydroxyl groups is 4. The number of H-pyrrole nitrogens is 4. The Balaban J connectivity index is 0.000000130. The number of fused-ring (bicyclic) bond motifs is 4. The van der Waals surface area contributed by atoms with Gasteiger partial charge in [-0.25, -0.2) is 55.1 Å². The fourth-order valence-corrected chi connectivity index (χ4v) is 13.4. The summed E-state index contributed by atoms with van der Waals surface area (Å²) in [6.45, 7) is 7.26. The molecule has 0 spiro atoms. The highest BCUT2D eigenvalue weighted by Gasteiger charge is 2.40. The van der Waals surface area contributed by atoms with Gasteiger partial charge >= 0.3 is 0 Å². The van der Waals surface area contributed by atoms with E-state index >= 15 is 0 Å². The lowest BCUT2D eigenvalue weighted by atomic mass is 9.96. The number of methoxy groups -OCH3 is 2. The second-order valence-corrected chi connectivity index (χ2v) is 26.3. The Morgan fingerprint density at radius 2 is 0.658 bits per heavy atom. The third kappa shape index (κ3) is 13.8. The van der Waals surface area contributed by atoms with Gasteiger partial charge in [-0.1, -0.05) is 36.8 Å². The van der Waals surface area contributed by atoms with E-state index in [0.29, 0.717) is 40.4 Å². The highest BCUT2D eigenvalue weighted by Crippen LogP contribution is 2.46. The molecule has 4 amide bonds. The highest BCUT2D eigenvalue weighted by molar-refractivity contribution is 6.34. The average Bonchev–Trinajstić information content (AvgIpc) is 1.60. The molecule has 0 saturated carbocycles. The zero-order valence-corrected chi connectivity index (χ0v) is 60.5. The number of nitrogens with one attached hydrogen (secondary N) is 4. The van der Waals surface area contributed by atoms with Gasteiger partial charge in [0.2, 0.25) is 0 Å². The van der Waals surface area contributed by atoms with Crippen LogP contribution in [0.25, 0.3) is 45.0 Å². The summed E-state index contributed by atoms with van der Waals surface area (Å²) in [7, 11) is 10.0. The second-order valence-electron chi connectivity index (χ2n) is 26.3. The van der Waals surface area contributed by atoms with Crippen molar-refractivity contribution in [3.05, 3.63) is 281 Å². The van der Waals surface area contributed by atoms with Crippen molar-refractivity contribution in [2.24, 2.45) is 20.0 Å². The predicted octanol–water partition coefficient (Wildman–Crippen LogP) is 16.3. The number of halogens is 8. The van der Waals surface area contributed by atoms with Crippen LogP contribution in [0.5, 0.6) is 35.0 Å². The summed E-state index contributed by atoms with van der Waals surface area (Å²) >= 11 is 0. The number of hydrogen-bond acceptors (Lipinski definition) is 12. The van der Waals surface area contributed by atoms with Gasteiger partial charge in [0, 0.05) is 84.1 Å². The molecule has 0 atom stereocenters. The fourth-order valence-electron chi connectivity index (χ4n) is 13.4. The van der Waals surface area contributed by atoms with Gasteiger partial charge in [-0.15, -0.1) is 0 Å². The van der Waals surface area contributed by atoms with Crippen molar-refractivity contribution in [1.82, 2.24) is 19.9 Å². The van der Waals surface area contributed by atoms with Gasteiger partial charge in [0.15, 0.2) is 23.5 Å². The molecule has 4 aliphatic heterocycles. The molecule has 562 valence electrons. The number of nitrogens with zero attached hydrogens (tertiary/aromatic N) is 6. The molecule has 4 aromatic heterocycles. The average molecular weight is 1510 g/mol. The summed E-state index contributed by atoms with van der Waals surface area (Å²) in [5, 5.41) is 41.8. The summed E-state index contributed by atoms with van der Waals surface area (Å²) in [6.07, 6.45) is 0.681. The lowest BCUT2D eigenvalue weighted by Gasteiger charge is -2.14. The minimum absolute atomic E-state index is 0.0142. The Labute approximate surface area is 626 Å². The molecule has 20 nitrogen and oxygen atoms in total. The van der Waals surface area contributed by atoms with Crippen LogP contribution in [0.2, 0.25) is 0 Å². The first-order chi connectivity index (χ1) is 52.9. The van der Waals surface area contributed by atoms with E-state index in [4.69, 9.17) is 9.47 Å². The first-order valence-corrected chi connectivity index (χ1v) is 33.9. The zero-order chi connectivity index (χ0) is 79.6. The molecule has 8 heterocycles. The molecule has 12 aromatic rings. The number of amides is 4. The molecule has 0 saturated heterocycles. The van der Waals surface area contributed by atoms with Gasteiger partial charge in [-0.2, -0.15) is 0 Å². The van der Waals surface area contributed by atoms with Gasteiger partial charge in [0.25, 0.3) is 23.6 Å². The number of hydrogen-bond donors (Lipinski definition) is 8. The van der Waals surface area contributed by atoms with Crippen LogP contribution in [0.15, 0.2) is 166 Å². The third-order valence-electron chi connectivity index (χ3n) is 18.9. The van der Waals surface area contributed by atoms with Crippen LogP contribution in [-0.2, 0) is 6.42 Å². The zero-order valence-electron chi connectivity index (χ0n) is 60.5. The first kappa shape index (κ1) is 75.3. The van der Waals surface area contributed by atoms with E-state index in [2.05, 4.69) is 39.9 Å². The smallest absolute Gasteiger partial charge is 0.280 e. The summed E-state index contributed by atoms with van der Waals surface area (Å²) in [4.78, 5) is 80.8. The first-order valence-electron chi connectivity index (χ1n) is 33.9. The van der Waals surface area contributed by atoms with Crippen molar-refractivity contribution in [2.75, 3.05) is 52.2 Å². The molecule has 111 heavy (non-hydrogen) atoms. The van der Waals surface area contributed by atoms with E-state index in [1.54, 1.807) is 119 Å². The number of ether oxygens (including phenoxy) is 2. The number of aryl methyl sites for hydroxylation is 4. The number of carbonyl (C=O) groups is 4. The summed E-state index contributed by atoms with van der Waals surface area (Å²) in [6, 6.07) is 33.9. The molecule has 8 aromatic carbocycles. The van der Waals surface area contributed by atoms with Crippen LogP contribution in [-0.4, -0.2) is 129 Å². The second kappa shape index (κ2) is 29.7. The minimum atomic E-state index is -0.670. The Morgan fingerprint density at radius 1 is 0.342 bits per heavy atom. The molecule has 4 aliphatic rings. The molecule has 0 unspecified atom stereocenters. The molecule has 8 N–H and O–H groups in total. The Kier molecular flexibility index (Phi) is 20.1. The topological polar surface area (TPSA) is 287 Å². The van der Waals surface area contributed by atoms with Crippen LogP contribution in [0.4, 0.5) is 46.5 Å². The van der Waals surface area contributed by atoms with Gasteiger partial charge < -0.3 is 59.6 Å². The number of rotatable bonds is 13. The fraction of sp³-hybridized carbons (Fsp3) is 0.133. The van der Waals surface area contributed by atoms with Crippen molar-refractivity contribution < 1.29 is 84.2 Å². The van der Waals surface area contributed by atoms with Crippen molar-refractivity contribution >= 4 is 57.9 Å². The molecular weight excluding hydrogens is 1450 g/mol. The summed E-state index contributed by atoms with van der Waals surface area (Å²) < 4.78 is 123. The molecule has 0 radical (unpaired) electrons. The Bertz CT molecular complexity index is 6060. The van der Waals surface area contributed by atoms with E-state index in [-0.39, 0.29) is 147 Å². The maximum Gasteiger partial charge on any atom is 0.280 e. The molecular formula is C83H64F8N10O10. The summed E-state index contributed by atoms with van der Waals surface area (Å²) in [5.74, 6) is -7.52. The van der Waals surface area contributed by atoms with E-state index in [1.165, 1.54) is 93.1 Å². The lowest BCUT2D eigenvalue weighted by Crippen LogP contribution is -2.11. The maximum atomic E-state index is 14.6. The van der Waals surface area contributed by atoms with E-state index in [0.717, 1.165) is 28.3 Å². The van der Waals surface area contributed by atoms with E-state index < -0.39 is 70.2 Å². The minimum Gasteiger partial charge on any atom is -0.496 e. The molecule has 0 fully saturated rings. The largest absolute Gasteiger partial charge is 0.496 e.